The van der Waals surface area contributed by atoms with Crippen molar-refractivity contribution in [1.82, 2.24) is 19.8 Å². The third-order valence-corrected chi connectivity index (χ3v) is 7.54. The summed E-state index contributed by atoms with van der Waals surface area (Å²) in [6.45, 7) is 3.78. The second-order valence-corrected chi connectivity index (χ2v) is 11.8. The third-order valence-electron chi connectivity index (χ3n) is 7.54. The Balaban J connectivity index is 1.98. The number of benzene rings is 3. The summed E-state index contributed by atoms with van der Waals surface area (Å²) in [5.74, 6) is -0.834. The van der Waals surface area contributed by atoms with Crippen molar-refractivity contribution in [2.24, 2.45) is 5.73 Å². The highest BCUT2D eigenvalue weighted by molar-refractivity contribution is 5.95. The number of rotatable bonds is 12. The van der Waals surface area contributed by atoms with Crippen LogP contribution >= 0.6 is 0 Å². The molecule has 0 bridgehead atoms. The molecular formula is C34H45N5O3. The molecule has 0 aliphatic rings. The van der Waals surface area contributed by atoms with Gasteiger partial charge in [-0.1, -0.05) is 78.9 Å². The van der Waals surface area contributed by atoms with Crippen molar-refractivity contribution in [3.63, 3.8) is 0 Å². The lowest BCUT2D eigenvalue weighted by Gasteiger charge is -2.37. The summed E-state index contributed by atoms with van der Waals surface area (Å²) < 4.78 is 0. The highest BCUT2D eigenvalue weighted by Gasteiger charge is 2.36. The van der Waals surface area contributed by atoms with Gasteiger partial charge < -0.3 is 15.5 Å². The molecule has 0 aliphatic heterocycles. The number of hydrogen-bond acceptors (Lipinski definition) is 5. The molecule has 8 nitrogen and oxygen atoms in total. The zero-order chi connectivity index (χ0) is 31.0. The number of hydrogen-bond donors (Lipinski definition) is 1. The van der Waals surface area contributed by atoms with Crippen molar-refractivity contribution in [3.05, 3.63) is 96.1 Å². The van der Waals surface area contributed by atoms with E-state index in [9.17, 15) is 14.4 Å². The third kappa shape index (κ3) is 8.74. The maximum Gasteiger partial charge on any atom is 0.259 e. The number of nitrogens with zero attached hydrogens (tertiary/aromatic N) is 4. The summed E-state index contributed by atoms with van der Waals surface area (Å²) in [5.41, 5.74) is 7.48. The first-order valence-corrected chi connectivity index (χ1v) is 14.2. The molecular weight excluding hydrogens is 526 g/mol. The van der Waals surface area contributed by atoms with Gasteiger partial charge in [-0.05, 0) is 48.2 Å². The van der Waals surface area contributed by atoms with Crippen LogP contribution in [0.4, 0.5) is 0 Å². The Kier molecular flexibility index (Phi) is 11.0. The monoisotopic (exact) mass is 571 g/mol. The molecule has 224 valence electrons. The van der Waals surface area contributed by atoms with Crippen LogP contribution in [0.1, 0.15) is 31.4 Å². The molecule has 42 heavy (non-hydrogen) atoms. The fourth-order valence-corrected chi connectivity index (χ4v) is 4.74. The summed E-state index contributed by atoms with van der Waals surface area (Å²) >= 11 is 0. The molecule has 3 aromatic rings. The Labute approximate surface area is 250 Å². The predicted molar refractivity (Wildman–Crippen MR) is 169 cm³/mol. The van der Waals surface area contributed by atoms with Crippen LogP contribution in [0.25, 0.3) is 10.8 Å². The van der Waals surface area contributed by atoms with Gasteiger partial charge in [0.05, 0.1) is 0 Å². The van der Waals surface area contributed by atoms with Gasteiger partial charge in [0.25, 0.3) is 5.91 Å². The lowest BCUT2D eigenvalue weighted by atomic mass is 9.98. The van der Waals surface area contributed by atoms with E-state index in [1.807, 2.05) is 86.6 Å². The Morgan fingerprint density at radius 3 is 1.93 bits per heavy atom. The fourth-order valence-electron chi connectivity index (χ4n) is 4.74. The van der Waals surface area contributed by atoms with Gasteiger partial charge in [0.15, 0.2) is 0 Å². The smallest absolute Gasteiger partial charge is 0.259 e. The van der Waals surface area contributed by atoms with Gasteiger partial charge in [0, 0.05) is 53.6 Å². The first-order chi connectivity index (χ1) is 19.8. The topological polar surface area (TPSA) is 90.2 Å². The van der Waals surface area contributed by atoms with Crippen LogP contribution in [0.3, 0.4) is 0 Å². The van der Waals surface area contributed by atoms with Gasteiger partial charge >= 0.3 is 0 Å². The van der Waals surface area contributed by atoms with Gasteiger partial charge in [0.1, 0.15) is 12.1 Å². The van der Waals surface area contributed by atoms with Gasteiger partial charge in [-0.15, -0.1) is 0 Å². The molecule has 8 heteroatoms. The quantitative estimate of drug-likeness (QED) is 0.263. The van der Waals surface area contributed by atoms with Crippen LogP contribution in [0.5, 0.6) is 0 Å². The Morgan fingerprint density at radius 1 is 0.738 bits per heavy atom. The number of nitrogens with two attached hydrogens (primary N) is 1. The van der Waals surface area contributed by atoms with E-state index in [-0.39, 0.29) is 17.7 Å². The highest BCUT2D eigenvalue weighted by Crippen LogP contribution is 2.20. The standard InChI is InChI=1S/C34H45N5O3/c1-34(2,35)21-13-18-31(40)37(5)29(24-26-19-20-27-16-11-12-17-28(27)22-26)32(41)38(6)30(33(42)39(7)36(3)4)23-25-14-9-8-10-15-25/h8-20,22,29-30H,21,23-24,35H2,1-7H3/b18-13+/t29-,30-/m1/s1. The molecule has 0 unspecified atom stereocenters. The van der Waals surface area contributed by atoms with Crippen LogP contribution in [-0.2, 0) is 27.2 Å². The molecule has 0 spiro atoms. The van der Waals surface area contributed by atoms with E-state index in [0.717, 1.165) is 21.9 Å². The second-order valence-electron chi connectivity index (χ2n) is 11.8. The summed E-state index contributed by atoms with van der Waals surface area (Å²) in [7, 11) is 8.53. The van der Waals surface area contributed by atoms with Crippen molar-refractivity contribution in [3.8, 4) is 0 Å². The lowest BCUT2D eigenvalue weighted by Crippen LogP contribution is -2.57. The zero-order valence-electron chi connectivity index (χ0n) is 25.9. The Bertz CT molecular complexity index is 1400. The Morgan fingerprint density at radius 2 is 1.31 bits per heavy atom. The first kappa shape index (κ1) is 32.5. The predicted octanol–water partition coefficient (Wildman–Crippen LogP) is 3.90. The fraction of sp³-hybridized carbons (Fsp3) is 0.382. The molecule has 0 saturated carbocycles. The summed E-state index contributed by atoms with van der Waals surface area (Å²) in [4.78, 5) is 44.3. The molecule has 0 aliphatic carbocycles. The van der Waals surface area contributed by atoms with Gasteiger partial charge in [-0.3, -0.25) is 19.4 Å². The van der Waals surface area contributed by atoms with E-state index in [1.54, 1.807) is 46.3 Å². The minimum Gasteiger partial charge on any atom is -0.332 e. The summed E-state index contributed by atoms with van der Waals surface area (Å²) in [6.07, 6.45) is 4.37. The molecule has 2 atom stereocenters. The highest BCUT2D eigenvalue weighted by atomic mass is 16.2. The molecule has 2 N–H and O–H groups in total. The normalized spacial score (nSPS) is 13.3. The maximum atomic E-state index is 14.3. The van der Waals surface area contributed by atoms with Crippen LogP contribution in [0.2, 0.25) is 0 Å². The first-order valence-electron chi connectivity index (χ1n) is 14.2. The van der Waals surface area contributed by atoms with E-state index < -0.39 is 17.6 Å². The maximum absolute atomic E-state index is 14.3. The van der Waals surface area contributed by atoms with Crippen molar-refractivity contribution < 1.29 is 14.4 Å². The molecule has 3 aromatic carbocycles. The SMILES string of the molecule is CN(C(=O)/C=C/CC(C)(C)N)[C@H](Cc1ccc2ccccc2c1)C(=O)N(C)[C@H](Cc1ccccc1)C(=O)N(C)N(C)C. The van der Waals surface area contributed by atoms with Crippen LogP contribution in [-0.4, -0.2) is 90.4 Å². The second kappa shape index (κ2) is 14.2. The van der Waals surface area contributed by atoms with Gasteiger partial charge in [-0.25, -0.2) is 5.01 Å². The van der Waals surface area contributed by atoms with E-state index >= 15 is 0 Å². The molecule has 0 heterocycles. The number of carbonyl (C=O) groups excluding carboxylic acids is 3. The van der Waals surface area contributed by atoms with Crippen molar-refractivity contribution in [2.75, 3.05) is 35.2 Å². The van der Waals surface area contributed by atoms with E-state index in [4.69, 9.17) is 5.73 Å². The molecule has 0 saturated heterocycles. The minimum atomic E-state index is -0.838. The van der Waals surface area contributed by atoms with Crippen molar-refractivity contribution in [1.29, 1.82) is 0 Å². The van der Waals surface area contributed by atoms with Crippen LogP contribution < -0.4 is 5.73 Å². The molecule has 0 fully saturated rings. The lowest BCUT2D eigenvalue weighted by molar-refractivity contribution is -0.154. The number of fused-ring (bicyclic) bond motifs is 1. The van der Waals surface area contributed by atoms with E-state index in [1.165, 1.54) is 20.9 Å². The molecule has 3 amide bonds. The summed E-state index contributed by atoms with van der Waals surface area (Å²) in [5, 5.41) is 5.34. The summed E-state index contributed by atoms with van der Waals surface area (Å²) in [6, 6.07) is 22.1. The van der Waals surface area contributed by atoms with E-state index in [0.29, 0.717) is 19.3 Å². The van der Waals surface area contributed by atoms with Crippen molar-refractivity contribution >= 4 is 28.5 Å². The number of likely N-dealkylation sites (N-methyl/N-ethyl adjacent to an activating group) is 3. The van der Waals surface area contributed by atoms with Crippen LogP contribution in [0.15, 0.2) is 84.9 Å². The van der Waals surface area contributed by atoms with Gasteiger partial charge in [0.2, 0.25) is 11.8 Å². The largest absolute Gasteiger partial charge is 0.332 e. The van der Waals surface area contributed by atoms with Gasteiger partial charge in [-0.2, -0.15) is 0 Å². The Hall–Kier alpha value is -4.01. The van der Waals surface area contributed by atoms with Crippen LogP contribution in [0, 0.1) is 0 Å². The average molecular weight is 572 g/mol. The number of carbonyl (C=O) groups is 3. The molecule has 0 radical (unpaired) electrons. The van der Waals surface area contributed by atoms with E-state index in [2.05, 4.69) is 0 Å². The number of amides is 3. The zero-order valence-corrected chi connectivity index (χ0v) is 25.9. The van der Waals surface area contributed by atoms with Crippen molar-refractivity contribution in [2.45, 2.75) is 50.7 Å². The average Bonchev–Trinajstić information content (AvgIpc) is 2.96. The minimum absolute atomic E-state index is 0.219. The molecule has 3 rings (SSSR count). The number of hydrazine groups is 1. The molecule has 0 aromatic heterocycles.